The monoisotopic (exact) mass is 270 g/mol. The molecule has 0 fully saturated rings. The minimum absolute atomic E-state index is 0.0102. The van der Waals surface area contributed by atoms with Crippen LogP contribution in [0.3, 0.4) is 0 Å². The molecule has 20 heavy (non-hydrogen) atoms. The zero-order chi connectivity index (χ0) is 14.7. The summed E-state index contributed by atoms with van der Waals surface area (Å²) in [5.41, 5.74) is 4.16. The standard InChI is InChI=1S/C16H18N2O2/c1-11-8-9-12(2)14(10-11)13(3)17-15-6-4-5-7-16(15)18(19)20/h4-10,13,17H,1-3H3. The highest BCUT2D eigenvalue weighted by Gasteiger charge is 2.16. The maximum Gasteiger partial charge on any atom is 0.292 e. The summed E-state index contributed by atoms with van der Waals surface area (Å²) in [4.78, 5) is 10.7. The van der Waals surface area contributed by atoms with Crippen molar-refractivity contribution in [2.45, 2.75) is 26.8 Å². The van der Waals surface area contributed by atoms with Crippen LogP contribution in [0.25, 0.3) is 0 Å². The van der Waals surface area contributed by atoms with E-state index in [-0.39, 0.29) is 16.7 Å². The van der Waals surface area contributed by atoms with Crippen molar-refractivity contribution in [2.75, 3.05) is 5.32 Å². The average Bonchev–Trinajstić information content (AvgIpc) is 2.41. The molecule has 0 aromatic heterocycles. The molecule has 0 saturated carbocycles. The van der Waals surface area contributed by atoms with E-state index in [0.29, 0.717) is 5.69 Å². The summed E-state index contributed by atoms with van der Waals surface area (Å²) >= 11 is 0. The van der Waals surface area contributed by atoms with Crippen LogP contribution in [0.15, 0.2) is 42.5 Å². The molecule has 4 nitrogen and oxygen atoms in total. The molecule has 1 N–H and O–H groups in total. The van der Waals surface area contributed by atoms with E-state index in [0.717, 1.165) is 5.56 Å². The molecule has 2 rings (SSSR count). The topological polar surface area (TPSA) is 55.2 Å². The molecule has 104 valence electrons. The average molecular weight is 270 g/mol. The number of aryl methyl sites for hydroxylation is 2. The predicted molar refractivity (Wildman–Crippen MR) is 81.1 cm³/mol. The number of hydrogen-bond donors (Lipinski definition) is 1. The zero-order valence-electron chi connectivity index (χ0n) is 11.9. The van der Waals surface area contributed by atoms with Crippen LogP contribution in [0.2, 0.25) is 0 Å². The third-order valence-corrected chi connectivity index (χ3v) is 3.37. The number of nitro groups is 1. The highest BCUT2D eigenvalue weighted by Crippen LogP contribution is 2.29. The van der Waals surface area contributed by atoms with Gasteiger partial charge in [0.15, 0.2) is 0 Å². The Kier molecular flexibility index (Phi) is 4.03. The number of nitrogens with zero attached hydrogens (tertiary/aromatic N) is 1. The van der Waals surface area contributed by atoms with Gasteiger partial charge in [0, 0.05) is 12.1 Å². The molecule has 0 bridgehead atoms. The first-order chi connectivity index (χ1) is 9.49. The van der Waals surface area contributed by atoms with Crippen LogP contribution >= 0.6 is 0 Å². The molecule has 4 heteroatoms. The van der Waals surface area contributed by atoms with Crippen molar-refractivity contribution in [3.8, 4) is 0 Å². The minimum atomic E-state index is -0.363. The molecule has 0 aliphatic rings. The van der Waals surface area contributed by atoms with E-state index in [4.69, 9.17) is 0 Å². The summed E-state index contributed by atoms with van der Waals surface area (Å²) in [6.07, 6.45) is 0. The van der Waals surface area contributed by atoms with Crippen molar-refractivity contribution in [3.63, 3.8) is 0 Å². The Labute approximate surface area is 118 Å². The third kappa shape index (κ3) is 2.96. The van der Waals surface area contributed by atoms with Gasteiger partial charge in [0.25, 0.3) is 5.69 Å². The molecule has 2 aromatic rings. The second kappa shape index (κ2) is 5.74. The maximum absolute atomic E-state index is 11.0. The molecule has 0 radical (unpaired) electrons. The van der Waals surface area contributed by atoms with E-state index < -0.39 is 0 Å². The zero-order valence-corrected chi connectivity index (χ0v) is 11.9. The van der Waals surface area contributed by atoms with Gasteiger partial charge >= 0.3 is 0 Å². The molecule has 0 saturated heterocycles. The molecule has 2 aromatic carbocycles. The van der Waals surface area contributed by atoms with Crippen LogP contribution in [0.1, 0.15) is 29.7 Å². The number of para-hydroxylation sites is 2. The number of nitrogens with one attached hydrogen (secondary N) is 1. The first-order valence-electron chi connectivity index (χ1n) is 6.56. The normalized spacial score (nSPS) is 11.9. The summed E-state index contributed by atoms with van der Waals surface area (Å²) in [6.45, 7) is 6.10. The van der Waals surface area contributed by atoms with Gasteiger partial charge in [0.05, 0.1) is 4.92 Å². The summed E-state index contributed by atoms with van der Waals surface area (Å²) < 4.78 is 0. The highest BCUT2D eigenvalue weighted by atomic mass is 16.6. The highest BCUT2D eigenvalue weighted by molar-refractivity contribution is 5.62. The fourth-order valence-electron chi connectivity index (χ4n) is 2.29. The molecular weight excluding hydrogens is 252 g/mol. The lowest BCUT2D eigenvalue weighted by molar-refractivity contribution is -0.384. The van der Waals surface area contributed by atoms with Gasteiger partial charge in [-0.05, 0) is 38.0 Å². The van der Waals surface area contributed by atoms with E-state index in [1.807, 2.05) is 20.8 Å². The maximum atomic E-state index is 11.0. The van der Waals surface area contributed by atoms with Crippen molar-refractivity contribution in [3.05, 3.63) is 69.3 Å². The van der Waals surface area contributed by atoms with Gasteiger partial charge in [0.2, 0.25) is 0 Å². The van der Waals surface area contributed by atoms with Crippen molar-refractivity contribution >= 4 is 11.4 Å². The molecule has 1 atom stereocenters. The third-order valence-electron chi connectivity index (χ3n) is 3.37. The van der Waals surface area contributed by atoms with E-state index in [2.05, 4.69) is 23.5 Å². The number of hydrogen-bond acceptors (Lipinski definition) is 3. The van der Waals surface area contributed by atoms with Crippen LogP contribution in [0.5, 0.6) is 0 Å². The fourth-order valence-corrected chi connectivity index (χ4v) is 2.29. The van der Waals surface area contributed by atoms with Crippen molar-refractivity contribution < 1.29 is 4.92 Å². The number of anilines is 1. The lowest BCUT2D eigenvalue weighted by Crippen LogP contribution is -2.09. The molecule has 0 aliphatic carbocycles. The Hall–Kier alpha value is -2.36. The first kappa shape index (κ1) is 14.1. The van der Waals surface area contributed by atoms with Crippen molar-refractivity contribution in [1.29, 1.82) is 0 Å². The van der Waals surface area contributed by atoms with E-state index >= 15 is 0 Å². The summed E-state index contributed by atoms with van der Waals surface area (Å²) in [5.74, 6) is 0. The Morgan fingerprint density at radius 1 is 1.15 bits per heavy atom. The molecular formula is C16H18N2O2. The summed E-state index contributed by atoms with van der Waals surface area (Å²) in [6, 6.07) is 13.0. The predicted octanol–water partition coefficient (Wildman–Crippen LogP) is 4.38. The Balaban J connectivity index is 2.30. The van der Waals surface area contributed by atoms with Crippen LogP contribution < -0.4 is 5.32 Å². The number of benzene rings is 2. The van der Waals surface area contributed by atoms with Gasteiger partial charge in [0.1, 0.15) is 5.69 Å². The first-order valence-corrected chi connectivity index (χ1v) is 6.56. The molecule has 1 unspecified atom stereocenters. The lowest BCUT2D eigenvalue weighted by atomic mass is 10.00. The van der Waals surface area contributed by atoms with E-state index in [1.54, 1.807) is 18.2 Å². The Morgan fingerprint density at radius 3 is 2.55 bits per heavy atom. The molecule has 0 spiro atoms. The van der Waals surface area contributed by atoms with Crippen molar-refractivity contribution in [2.24, 2.45) is 0 Å². The van der Waals surface area contributed by atoms with Gasteiger partial charge in [-0.15, -0.1) is 0 Å². The van der Waals surface area contributed by atoms with E-state index in [1.165, 1.54) is 17.2 Å². The van der Waals surface area contributed by atoms with Gasteiger partial charge < -0.3 is 5.32 Å². The largest absolute Gasteiger partial charge is 0.373 e. The number of rotatable bonds is 4. The van der Waals surface area contributed by atoms with E-state index in [9.17, 15) is 10.1 Å². The quantitative estimate of drug-likeness (QED) is 0.662. The fraction of sp³-hybridized carbons (Fsp3) is 0.250. The van der Waals surface area contributed by atoms with Crippen LogP contribution in [-0.4, -0.2) is 4.92 Å². The van der Waals surface area contributed by atoms with Gasteiger partial charge in [-0.3, -0.25) is 10.1 Å². The Bertz CT molecular complexity index is 638. The smallest absolute Gasteiger partial charge is 0.292 e. The lowest BCUT2D eigenvalue weighted by Gasteiger charge is -2.18. The molecule has 0 amide bonds. The number of nitro benzene ring substituents is 1. The minimum Gasteiger partial charge on any atom is -0.373 e. The van der Waals surface area contributed by atoms with Crippen LogP contribution in [0, 0.1) is 24.0 Å². The van der Waals surface area contributed by atoms with Gasteiger partial charge in [-0.1, -0.05) is 35.9 Å². The summed E-state index contributed by atoms with van der Waals surface area (Å²) in [5, 5.41) is 14.3. The molecule has 0 aliphatic heterocycles. The second-order valence-electron chi connectivity index (χ2n) is 5.00. The van der Waals surface area contributed by atoms with Crippen molar-refractivity contribution in [1.82, 2.24) is 0 Å². The molecule has 0 heterocycles. The SMILES string of the molecule is Cc1ccc(C)c(C(C)Nc2ccccc2[N+](=O)[O-])c1. The second-order valence-corrected chi connectivity index (χ2v) is 5.00. The summed E-state index contributed by atoms with van der Waals surface area (Å²) in [7, 11) is 0. The van der Waals surface area contributed by atoms with Crippen LogP contribution in [0.4, 0.5) is 11.4 Å². The Morgan fingerprint density at radius 2 is 1.85 bits per heavy atom. The van der Waals surface area contributed by atoms with Gasteiger partial charge in [-0.2, -0.15) is 0 Å². The van der Waals surface area contributed by atoms with Crippen LogP contribution in [-0.2, 0) is 0 Å². The van der Waals surface area contributed by atoms with Gasteiger partial charge in [-0.25, -0.2) is 0 Å².